The lowest BCUT2D eigenvalue weighted by Crippen LogP contribution is -2.17. The van der Waals surface area contributed by atoms with Gasteiger partial charge in [0.25, 0.3) is 0 Å². The maximum Gasteiger partial charge on any atom is 0.163 e. The Balaban J connectivity index is 1.58. The third kappa shape index (κ3) is 5.96. The van der Waals surface area contributed by atoms with Gasteiger partial charge in [-0.1, -0.05) is 48.0 Å². The molecule has 0 atom stereocenters. The van der Waals surface area contributed by atoms with Gasteiger partial charge in [-0.05, 0) is 60.3 Å². The smallest absolute Gasteiger partial charge is 0.163 e. The number of benzene rings is 3. The molecular weight excluding hydrogens is 389 g/mol. The summed E-state index contributed by atoms with van der Waals surface area (Å²) in [5.74, 6) is 1.06. The van der Waals surface area contributed by atoms with Crippen LogP contribution in [0.15, 0.2) is 60.7 Å². The molecule has 1 N–H and O–H groups in total. The molecule has 3 rings (SSSR count). The highest BCUT2D eigenvalue weighted by Crippen LogP contribution is 2.34. The van der Waals surface area contributed by atoms with Crippen molar-refractivity contribution in [2.45, 2.75) is 26.5 Å². The van der Waals surface area contributed by atoms with Crippen LogP contribution in [-0.2, 0) is 19.6 Å². The van der Waals surface area contributed by atoms with E-state index in [0.29, 0.717) is 29.7 Å². The molecule has 0 aromatic heterocycles. The minimum absolute atomic E-state index is 0.217. The maximum absolute atomic E-state index is 13.0. The molecule has 3 aromatic carbocycles. The third-order valence-electron chi connectivity index (χ3n) is 4.80. The van der Waals surface area contributed by atoms with Crippen molar-refractivity contribution in [3.63, 3.8) is 0 Å². The minimum atomic E-state index is -0.217. The van der Waals surface area contributed by atoms with Crippen LogP contribution in [0.25, 0.3) is 0 Å². The largest absolute Gasteiger partial charge is 0.493 e. The average molecular weight is 414 g/mol. The highest BCUT2D eigenvalue weighted by atomic mass is 35.5. The molecule has 0 bridgehead atoms. The van der Waals surface area contributed by atoms with Crippen LogP contribution >= 0.6 is 11.6 Å². The van der Waals surface area contributed by atoms with Gasteiger partial charge in [0, 0.05) is 17.6 Å². The van der Waals surface area contributed by atoms with E-state index in [9.17, 15) is 4.39 Å². The van der Waals surface area contributed by atoms with Crippen LogP contribution in [0.5, 0.6) is 11.5 Å². The van der Waals surface area contributed by atoms with Crippen molar-refractivity contribution >= 4 is 11.6 Å². The van der Waals surface area contributed by atoms with Gasteiger partial charge in [0.05, 0.1) is 7.11 Å². The van der Waals surface area contributed by atoms with Crippen LogP contribution < -0.4 is 14.8 Å². The van der Waals surface area contributed by atoms with Crippen molar-refractivity contribution in [1.29, 1.82) is 0 Å². The van der Waals surface area contributed by atoms with E-state index in [1.54, 1.807) is 25.3 Å². The summed E-state index contributed by atoms with van der Waals surface area (Å²) in [4.78, 5) is 0. The molecule has 0 fully saturated rings. The fraction of sp³-hybridized carbons (Fsp3) is 0.250. The molecule has 0 aliphatic carbocycles. The number of hydrogen-bond donors (Lipinski definition) is 1. The van der Waals surface area contributed by atoms with Crippen LogP contribution in [-0.4, -0.2) is 13.7 Å². The molecule has 5 heteroatoms. The number of hydrogen-bond acceptors (Lipinski definition) is 3. The molecule has 0 saturated carbocycles. The summed E-state index contributed by atoms with van der Waals surface area (Å²) in [7, 11) is 1.62. The van der Waals surface area contributed by atoms with E-state index in [4.69, 9.17) is 21.1 Å². The molecule has 0 aliphatic heterocycles. The Hall–Kier alpha value is -2.56. The fourth-order valence-corrected chi connectivity index (χ4v) is 3.24. The van der Waals surface area contributed by atoms with Crippen molar-refractivity contribution in [2.24, 2.45) is 0 Å². The molecule has 0 unspecified atom stereocenters. The standard InChI is InChI=1S/C24H25ClFNO2/c1-17-5-3-4-6-19(17)16-29-24-14-22(25)20(13-23(24)28-2)15-27-12-11-18-7-9-21(26)10-8-18/h3-10,13-14,27H,11-12,15-16H2,1-2H3. The molecule has 3 aromatic rings. The summed E-state index contributed by atoms with van der Waals surface area (Å²) in [6.07, 6.45) is 0.812. The monoisotopic (exact) mass is 413 g/mol. The quantitative estimate of drug-likeness (QED) is 0.456. The Kier molecular flexibility index (Phi) is 7.50. The first-order valence-corrected chi connectivity index (χ1v) is 9.93. The molecule has 0 radical (unpaired) electrons. The van der Waals surface area contributed by atoms with Gasteiger partial charge in [-0.25, -0.2) is 4.39 Å². The third-order valence-corrected chi connectivity index (χ3v) is 5.15. The second kappa shape index (κ2) is 10.3. The normalized spacial score (nSPS) is 10.8. The van der Waals surface area contributed by atoms with Gasteiger partial charge < -0.3 is 14.8 Å². The van der Waals surface area contributed by atoms with Gasteiger partial charge in [-0.15, -0.1) is 0 Å². The Morgan fingerprint density at radius 3 is 2.45 bits per heavy atom. The molecule has 0 aliphatic rings. The van der Waals surface area contributed by atoms with Gasteiger partial charge in [-0.2, -0.15) is 0 Å². The number of methoxy groups -OCH3 is 1. The van der Waals surface area contributed by atoms with E-state index < -0.39 is 0 Å². The molecule has 152 valence electrons. The number of rotatable bonds is 9. The van der Waals surface area contributed by atoms with Crippen LogP contribution in [0.3, 0.4) is 0 Å². The second-order valence-electron chi connectivity index (χ2n) is 6.86. The summed E-state index contributed by atoms with van der Waals surface area (Å²) in [5, 5.41) is 3.99. The number of nitrogens with one attached hydrogen (secondary N) is 1. The van der Waals surface area contributed by atoms with E-state index in [2.05, 4.69) is 18.3 Å². The van der Waals surface area contributed by atoms with Gasteiger partial charge in [-0.3, -0.25) is 0 Å². The van der Waals surface area contributed by atoms with Gasteiger partial charge in [0.1, 0.15) is 12.4 Å². The molecule has 3 nitrogen and oxygen atoms in total. The van der Waals surface area contributed by atoms with E-state index >= 15 is 0 Å². The highest BCUT2D eigenvalue weighted by molar-refractivity contribution is 6.31. The van der Waals surface area contributed by atoms with E-state index in [1.165, 1.54) is 17.7 Å². The van der Waals surface area contributed by atoms with Gasteiger partial charge >= 0.3 is 0 Å². The lowest BCUT2D eigenvalue weighted by molar-refractivity contribution is 0.283. The molecule has 0 amide bonds. The Bertz CT molecular complexity index is 944. The zero-order valence-electron chi connectivity index (χ0n) is 16.7. The molecular formula is C24H25ClFNO2. The fourth-order valence-electron chi connectivity index (χ4n) is 3.02. The van der Waals surface area contributed by atoms with Gasteiger partial charge in [0.15, 0.2) is 11.5 Å². The topological polar surface area (TPSA) is 30.5 Å². The van der Waals surface area contributed by atoms with Crippen molar-refractivity contribution < 1.29 is 13.9 Å². The van der Waals surface area contributed by atoms with E-state index in [-0.39, 0.29) is 5.82 Å². The first-order chi connectivity index (χ1) is 14.1. The molecule has 29 heavy (non-hydrogen) atoms. The summed E-state index contributed by atoms with van der Waals surface area (Å²) in [5.41, 5.74) is 4.32. The Morgan fingerprint density at radius 2 is 1.72 bits per heavy atom. The predicted molar refractivity (Wildman–Crippen MR) is 115 cm³/mol. The first kappa shape index (κ1) is 21.2. The van der Waals surface area contributed by atoms with E-state index in [0.717, 1.165) is 29.7 Å². The summed E-state index contributed by atoms with van der Waals surface area (Å²) < 4.78 is 24.4. The minimum Gasteiger partial charge on any atom is -0.493 e. The lowest BCUT2D eigenvalue weighted by Gasteiger charge is -2.15. The maximum atomic E-state index is 13.0. The lowest BCUT2D eigenvalue weighted by atomic mass is 10.1. The number of halogens is 2. The Labute approximate surface area is 176 Å². The summed E-state index contributed by atoms with van der Waals surface area (Å²) >= 11 is 6.47. The predicted octanol–water partition coefficient (Wildman–Crippen LogP) is 5.71. The molecule has 0 heterocycles. The van der Waals surface area contributed by atoms with Crippen molar-refractivity contribution in [3.8, 4) is 11.5 Å². The molecule has 0 spiro atoms. The molecule has 0 saturated heterocycles. The second-order valence-corrected chi connectivity index (χ2v) is 7.27. The first-order valence-electron chi connectivity index (χ1n) is 9.55. The average Bonchev–Trinajstić information content (AvgIpc) is 2.73. The van der Waals surface area contributed by atoms with Crippen molar-refractivity contribution in [3.05, 3.63) is 93.8 Å². The van der Waals surface area contributed by atoms with Crippen LogP contribution in [0.4, 0.5) is 4.39 Å². The van der Waals surface area contributed by atoms with Crippen LogP contribution in [0.2, 0.25) is 5.02 Å². The van der Waals surface area contributed by atoms with Crippen molar-refractivity contribution in [2.75, 3.05) is 13.7 Å². The zero-order valence-corrected chi connectivity index (χ0v) is 17.4. The summed E-state index contributed by atoms with van der Waals surface area (Å²) in [6.45, 7) is 3.88. The number of ether oxygens (including phenoxy) is 2. The van der Waals surface area contributed by atoms with Crippen molar-refractivity contribution in [1.82, 2.24) is 5.32 Å². The van der Waals surface area contributed by atoms with Crippen LogP contribution in [0, 0.1) is 12.7 Å². The highest BCUT2D eigenvalue weighted by Gasteiger charge is 2.11. The SMILES string of the molecule is COc1cc(CNCCc2ccc(F)cc2)c(Cl)cc1OCc1ccccc1C. The van der Waals surface area contributed by atoms with Crippen LogP contribution in [0.1, 0.15) is 22.3 Å². The summed E-state index contributed by atoms with van der Waals surface area (Å²) in [6, 6.07) is 18.4. The number of aryl methyl sites for hydroxylation is 1. The van der Waals surface area contributed by atoms with Gasteiger partial charge in [0.2, 0.25) is 0 Å². The Morgan fingerprint density at radius 1 is 0.966 bits per heavy atom. The zero-order chi connectivity index (χ0) is 20.6. The van der Waals surface area contributed by atoms with E-state index in [1.807, 2.05) is 24.3 Å².